The summed E-state index contributed by atoms with van der Waals surface area (Å²) in [4.78, 5) is 6.36. The average Bonchev–Trinajstić information content (AvgIpc) is 2.58. The van der Waals surface area contributed by atoms with Gasteiger partial charge in [-0.1, -0.05) is 0 Å². The summed E-state index contributed by atoms with van der Waals surface area (Å²) in [6.07, 6.45) is -2.74. The Balaban J connectivity index is 2.47. The predicted octanol–water partition coefficient (Wildman–Crippen LogP) is 2.13. The second-order valence-corrected chi connectivity index (χ2v) is 3.24. The maximum atomic E-state index is 13.0. The molecule has 0 aromatic carbocycles. The van der Waals surface area contributed by atoms with Gasteiger partial charge in [0.1, 0.15) is 0 Å². The molecular formula is C9H6F4N4. The highest BCUT2D eigenvalue weighted by Crippen LogP contribution is 2.26. The highest BCUT2D eigenvalue weighted by molar-refractivity contribution is 5.21. The fourth-order valence-corrected chi connectivity index (χ4v) is 1.17. The first-order chi connectivity index (χ1) is 7.88. The van der Waals surface area contributed by atoms with Crippen molar-refractivity contribution in [2.24, 2.45) is 0 Å². The van der Waals surface area contributed by atoms with Crippen molar-refractivity contribution in [1.29, 1.82) is 0 Å². The van der Waals surface area contributed by atoms with Gasteiger partial charge in [0.2, 0.25) is 5.82 Å². The second kappa shape index (κ2) is 3.79. The maximum Gasteiger partial charge on any atom is 0.451 e. The Hall–Kier alpha value is -1.99. The van der Waals surface area contributed by atoms with Gasteiger partial charge in [0.15, 0.2) is 11.6 Å². The molecule has 0 aliphatic carbocycles. The van der Waals surface area contributed by atoms with Crippen LogP contribution in [0, 0.1) is 12.7 Å². The fraction of sp³-hybridized carbons (Fsp3) is 0.222. The molecule has 4 nitrogen and oxygen atoms in total. The molecule has 0 amide bonds. The summed E-state index contributed by atoms with van der Waals surface area (Å²) in [6.45, 7) is 1.40. The van der Waals surface area contributed by atoms with Crippen molar-refractivity contribution in [3.8, 4) is 5.82 Å². The quantitative estimate of drug-likeness (QED) is 0.724. The van der Waals surface area contributed by atoms with E-state index in [2.05, 4.69) is 15.1 Å². The lowest BCUT2D eigenvalue weighted by molar-refractivity contribution is -0.145. The molecule has 0 bridgehead atoms. The lowest BCUT2D eigenvalue weighted by Gasteiger charge is -2.05. The molecule has 8 heteroatoms. The molecule has 90 valence electrons. The monoisotopic (exact) mass is 246 g/mol. The second-order valence-electron chi connectivity index (χ2n) is 3.24. The third kappa shape index (κ3) is 2.24. The summed E-state index contributed by atoms with van der Waals surface area (Å²) in [5.41, 5.74) is 0.0807. The van der Waals surface area contributed by atoms with Crippen LogP contribution in [0.4, 0.5) is 17.6 Å². The van der Waals surface area contributed by atoms with Gasteiger partial charge in [-0.15, -0.1) is 0 Å². The van der Waals surface area contributed by atoms with E-state index in [1.807, 2.05) is 0 Å². The Kier molecular flexibility index (Phi) is 2.56. The third-order valence-electron chi connectivity index (χ3n) is 1.97. The minimum Gasteiger partial charge on any atom is -0.233 e. The molecule has 0 aliphatic rings. The number of halogens is 4. The molecule has 2 heterocycles. The Morgan fingerprint density at radius 3 is 2.53 bits per heavy atom. The molecular weight excluding hydrogens is 240 g/mol. The van der Waals surface area contributed by atoms with E-state index in [1.54, 1.807) is 0 Å². The van der Waals surface area contributed by atoms with Crippen molar-refractivity contribution in [3.05, 3.63) is 35.8 Å². The molecule has 0 spiro atoms. The van der Waals surface area contributed by atoms with Crippen LogP contribution in [0.5, 0.6) is 0 Å². The molecule has 0 saturated carbocycles. The van der Waals surface area contributed by atoms with Crippen molar-refractivity contribution >= 4 is 0 Å². The molecule has 2 aromatic rings. The lowest BCUT2D eigenvalue weighted by atomic mass is 10.5. The zero-order valence-corrected chi connectivity index (χ0v) is 8.53. The first-order valence-corrected chi connectivity index (χ1v) is 4.50. The molecule has 0 aliphatic heterocycles. The number of rotatable bonds is 1. The summed E-state index contributed by atoms with van der Waals surface area (Å²) in [7, 11) is 0. The van der Waals surface area contributed by atoms with Crippen LogP contribution in [-0.4, -0.2) is 19.7 Å². The molecule has 0 N–H and O–H groups in total. The SMILES string of the molecule is Cc1nn(-c2ccnc(C(F)(F)F)n2)cc1F. The molecule has 2 aromatic heterocycles. The zero-order valence-electron chi connectivity index (χ0n) is 8.53. The van der Waals surface area contributed by atoms with Gasteiger partial charge < -0.3 is 0 Å². The molecule has 0 radical (unpaired) electrons. The number of aryl methyl sites for hydroxylation is 1. The van der Waals surface area contributed by atoms with Crippen LogP contribution in [0.1, 0.15) is 11.5 Å². The number of nitrogens with zero attached hydrogens (tertiary/aromatic N) is 4. The van der Waals surface area contributed by atoms with Gasteiger partial charge >= 0.3 is 6.18 Å². The average molecular weight is 246 g/mol. The summed E-state index contributed by atoms with van der Waals surface area (Å²) in [5, 5.41) is 3.69. The lowest BCUT2D eigenvalue weighted by Crippen LogP contribution is -2.13. The molecule has 2 rings (SSSR count). The predicted molar refractivity (Wildman–Crippen MR) is 48.9 cm³/mol. The van der Waals surface area contributed by atoms with E-state index in [9.17, 15) is 17.6 Å². The molecule has 17 heavy (non-hydrogen) atoms. The van der Waals surface area contributed by atoms with E-state index in [4.69, 9.17) is 0 Å². The minimum atomic E-state index is -4.64. The minimum absolute atomic E-state index is 0.0807. The normalized spacial score (nSPS) is 11.8. The molecule has 0 saturated heterocycles. The van der Waals surface area contributed by atoms with E-state index in [0.29, 0.717) is 0 Å². The van der Waals surface area contributed by atoms with Gasteiger partial charge in [0.05, 0.1) is 11.9 Å². The first-order valence-electron chi connectivity index (χ1n) is 4.50. The van der Waals surface area contributed by atoms with Crippen LogP contribution < -0.4 is 0 Å². The topological polar surface area (TPSA) is 43.6 Å². The molecule has 0 atom stereocenters. The molecule has 0 unspecified atom stereocenters. The van der Waals surface area contributed by atoms with E-state index in [-0.39, 0.29) is 11.5 Å². The smallest absolute Gasteiger partial charge is 0.233 e. The number of alkyl halides is 3. The van der Waals surface area contributed by atoms with Gasteiger partial charge in [-0.3, -0.25) is 0 Å². The standard InChI is InChI=1S/C9H6F4N4/c1-5-6(10)4-17(16-5)7-2-3-14-8(15-7)9(11,12)13/h2-4H,1H3. The van der Waals surface area contributed by atoms with Crippen LogP contribution in [0.3, 0.4) is 0 Å². The Bertz CT molecular complexity index is 527. The van der Waals surface area contributed by atoms with Gasteiger partial charge in [-0.25, -0.2) is 19.0 Å². The fourth-order valence-electron chi connectivity index (χ4n) is 1.17. The van der Waals surface area contributed by atoms with Gasteiger partial charge in [-0.05, 0) is 6.92 Å². The van der Waals surface area contributed by atoms with Gasteiger partial charge in [0, 0.05) is 12.3 Å². The molecule has 0 fully saturated rings. The largest absolute Gasteiger partial charge is 0.451 e. The van der Waals surface area contributed by atoms with E-state index < -0.39 is 17.8 Å². The van der Waals surface area contributed by atoms with E-state index in [1.165, 1.54) is 13.0 Å². The number of aromatic nitrogens is 4. The number of hydrogen-bond donors (Lipinski definition) is 0. The zero-order chi connectivity index (χ0) is 12.6. The van der Waals surface area contributed by atoms with Gasteiger partial charge in [0.25, 0.3) is 0 Å². The summed E-state index contributed by atoms with van der Waals surface area (Å²) in [6, 6.07) is 1.21. The van der Waals surface area contributed by atoms with E-state index in [0.717, 1.165) is 17.1 Å². The van der Waals surface area contributed by atoms with Crippen LogP contribution in [0.25, 0.3) is 5.82 Å². The third-order valence-corrected chi connectivity index (χ3v) is 1.97. The highest BCUT2D eigenvalue weighted by atomic mass is 19.4. The Morgan fingerprint density at radius 2 is 2.00 bits per heavy atom. The van der Waals surface area contributed by atoms with Crippen molar-refractivity contribution in [3.63, 3.8) is 0 Å². The first kappa shape index (κ1) is 11.5. The van der Waals surface area contributed by atoms with Gasteiger partial charge in [-0.2, -0.15) is 18.3 Å². The summed E-state index contributed by atoms with van der Waals surface area (Å²) >= 11 is 0. The summed E-state index contributed by atoms with van der Waals surface area (Å²) in [5.74, 6) is -2.04. The van der Waals surface area contributed by atoms with Crippen molar-refractivity contribution < 1.29 is 17.6 Å². The van der Waals surface area contributed by atoms with Crippen LogP contribution in [0.15, 0.2) is 18.5 Å². The van der Waals surface area contributed by atoms with Crippen LogP contribution in [0.2, 0.25) is 0 Å². The highest BCUT2D eigenvalue weighted by Gasteiger charge is 2.34. The summed E-state index contributed by atoms with van der Waals surface area (Å²) < 4.78 is 51.0. The van der Waals surface area contributed by atoms with Crippen molar-refractivity contribution in [2.75, 3.05) is 0 Å². The van der Waals surface area contributed by atoms with Crippen molar-refractivity contribution in [2.45, 2.75) is 13.1 Å². The Morgan fingerprint density at radius 1 is 1.29 bits per heavy atom. The van der Waals surface area contributed by atoms with E-state index >= 15 is 0 Å². The number of hydrogen-bond acceptors (Lipinski definition) is 3. The Labute approximate surface area is 92.9 Å². The van der Waals surface area contributed by atoms with Crippen LogP contribution >= 0.6 is 0 Å². The van der Waals surface area contributed by atoms with Crippen LogP contribution in [-0.2, 0) is 6.18 Å². The maximum absolute atomic E-state index is 13.0. The van der Waals surface area contributed by atoms with Crippen molar-refractivity contribution in [1.82, 2.24) is 19.7 Å².